The van der Waals surface area contributed by atoms with Crippen LogP contribution in [0.2, 0.25) is 5.02 Å². The average Bonchev–Trinajstić information content (AvgIpc) is 3.33. The van der Waals surface area contributed by atoms with Crippen LogP contribution in [-0.2, 0) is 18.3 Å². The molecular weight excluding hydrogens is 420 g/mol. The summed E-state index contributed by atoms with van der Waals surface area (Å²) in [7, 11) is 1.91. The number of benzene rings is 2. The van der Waals surface area contributed by atoms with Crippen molar-refractivity contribution >= 4 is 28.4 Å². The minimum absolute atomic E-state index is 0.0233. The lowest BCUT2D eigenvalue weighted by Gasteiger charge is -2.39. The number of hydrogen-bond donors (Lipinski definition) is 1. The summed E-state index contributed by atoms with van der Waals surface area (Å²) in [5.41, 5.74) is 6.63. The molecule has 32 heavy (non-hydrogen) atoms. The van der Waals surface area contributed by atoms with Crippen molar-refractivity contribution in [2.75, 3.05) is 6.54 Å². The fraction of sp³-hybridized carbons (Fsp3) is 0.308. The molecule has 1 aliphatic rings. The van der Waals surface area contributed by atoms with Crippen molar-refractivity contribution in [1.29, 1.82) is 0 Å². The normalized spacial score (nSPS) is 18.2. The van der Waals surface area contributed by atoms with Gasteiger partial charge in [0.25, 0.3) is 0 Å². The molecule has 0 saturated heterocycles. The van der Waals surface area contributed by atoms with E-state index < -0.39 is 0 Å². The number of nitrogens with zero attached hydrogens (tertiary/aromatic N) is 3. The van der Waals surface area contributed by atoms with Crippen LogP contribution in [0.1, 0.15) is 53.4 Å². The first-order chi connectivity index (χ1) is 15.4. The molecule has 2 unspecified atom stereocenters. The molecule has 2 atom stereocenters. The molecule has 0 bridgehead atoms. The summed E-state index contributed by atoms with van der Waals surface area (Å²) in [5.74, 6) is 0.178. The number of rotatable bonds is 4. The number of aryl methyl sites for hydroxylation is 3. The fourth-order valence-electron chi connectivity index (χ4n) is 5.10. The third-order valence-corrected chi connectivity index (χ3v) is 7.06. The summed E-state index contributed by atoms with van der Waals surface area (Å²) in [6, 6.07) is 16.3. The zero-order valence-corrected chi connectivity index (χ0v) is 19.4. The smallest absolute Gasteiger partial charge is 0.223 e. The van der Waals surface area contributed by atoms with Gasteiger partial charge in [0.1, 0.15) is 0 Å². The van der Waals surface area contributed by atoms with Crippen LogP contribution in [0.3, 0.4) is 0 Å². The topological polar surface area (TPSA) is 53.9 Å². The highest BCUT2D eigenvalue weighted by atomic mass is 35.5. The number of hydrogen-bond acceptors (Lipinski definition) is 2. The summed E-state index contributed by atoms with van der Waals surface area (Å²) in [4.78, 5) is 19.1. The molecule has 1 amide bonds. The summed E-state index contributed by atoms with van der Waals surface area (Å²) >= 11 is 6.64. The number of aromatic amines is 1. The number of nitrogens with one attached hydrogen (secondary N) is 1. The monoisotopic (exact) mass is 446 g/mol. The second-order valence-corrected chi connectivity index (χ2v) is 9.11. The Morgan fingerprint density at radius 3 is 2.69 bits per heavy atom. The highest BCUT2D eigenvalue weighted by molar-refractivity contribution is 6.31. The van der Waals surface area contributed by atoms with Gasteiger partial charge in [-0.2, -0.15) is 5.10 Å². The van der Waals surface area contributed by atoms with Gasteiger partial charge in [-0.15, -0.1) is 0 Å². The zero-order valence-electron chi connectivity index (χ0n) is 18.6. The zero-order chi connectivity index (χ0) is 22.4. The SMILES string of the molecule is Cc1nn(C)cc1CCC(=O)N1CC(c2ccccc2Cl)c2c([nH]c3ccccc23)C1C. The minimum Gasteiger partial charge on any atom is -0.356 e. The first-order valence-corrected chi connectivity index (χ1v) is 11.5. The van der Waals surface area contributed by atoms with Crippen molar-refractivity contribution in [3.63, 3.8) is 0 Å². The van der Waals surface area contributed by atoms with Crippen molar-refractivity contribution in [2.45, 2.75) is 38.6 Å². The van der Waals surface area contributed by atoms with Gasteiger partial charge in [-0.05, 0) is 49.1 Å². The van der Waals surface area contributed by atoms with E-state index in [0.29, 0.717) is 19.4 Å². The Kier molecular flexibility index (Phi) is 5.30. The van der Waals surface area contributed by atoms with Crippen molar-refractivity contribution in [1.82, 2.24) is 19.7 Å². The first-order valence-electron chi connectivity index (χ1n) is 11.1. The van der Waals surface area contributed by atoms with Crippen LogP contribution in [0, 0.1) is 6.92 Å². The van der Waals surface area contributed by atoms with Gasteiger partial charge >= 0.3 is 0 Å². The van der Waals surface area contributed by atoms with Crippen LogP contribution < -0.4 is 0 Å². The van der Waals surface area contributed by atoms with Crippen molar-refractivity contribution in [2.24, 2.45) is 7.05 Å². The standard InChI is InChI=1S/C26H27ClN4O/c1-16-18(14-30(3)29-16)12-13-24(32)31-15-21(19-8-4-6-10-22(19)27)25-20-9-5-7-11-23(20)28-26(25)17(31)2/h4-11,14,17,21,28H,12-13,15H2,1-3H3. The Hall–Kier alpha value is -3.05. The predicted molar refractivity (Wildman–Crippen MR) is 128 cm³/mol. The lowest BCUT2D eigenvalue weighted by molar-refractivity contribution is -0.134. The third-order valence-electron chi connectivity index (χ3n) is 6.71. The van der Waals surface area contributed by atoms with Gasteiger partial charge in [0.15, 0.2) is 0 Å². The van der Waals surface area contributed by atoms with E-state index in [1.165, 1.54) is 10.9 Å². The Morgan fingerprint density at radius 2 is 1.94 bits per heavy atom. The van der Waals surface area contributed by atoms with Crippen molar-refractivity contribution in [3.05, 3.63) is 87.8 Å². The first kappa shape index (κ1) is 20.8. The number of carbonyl (C=O) groups is 1. The second kappa shape index (κ2) is 8.14. The van der Waals surface area contributed by atoms with Crippen LogP contribution in [0.5, 0.6) is 0 Å². The average molecular weight is 447 g/mol. The largest absolute Gasteiger partial charge is 0.356 e. The molecule has 0 fully saturated rings. The van der Waals surface area contributed by atoms with Gasteiger partial charge in [0, 0.05) is 53.7 Å². The van der Waals surface area contributed by atoms with Gasteiger partial charge in [-0.3, -0.25) is 9.48 Å². The maximum absolute atomic E-state index is 13.4. The van der Waals surface area contributed by atoms with Crippen LogP contribution in [0.15, 0.2) is 54.7 Å². The Balaban J connectivity index is 1.52. The van der Waals surface area contributed by atoms with E-state index in [4.69, 9.17) is 11.6 Å². The van der Waals surface area contributed by atoms with Gasteiger partial charge in [0.05, 0.1) is 11.7 Å². The van der Waals surface area contributed by atoms with E-state index in [-0.39, 0.29) is 17.9 Å². The number of halogens is 1. The molecule has 2 aromatic heterocycles. The molecule has 5 nitrogen and oxygen atoms in total. The van der Waals surface area contributed by atoms with Crippen LogP contribution in [0.25, 0.3) is 10.9 Å². The van der Waals surface area contributed by atoms with E-state index in [2.05, 4.69) is 41.3 Å². The highest BCUT2D eigenvalue weighted by Gasteiger charge is 2.37. The highest BCUT2D eigenvalue weighted by Crippen LogP contribution is 2.44. The molecule has 4 aromatic rings. The Morgan fingerprint density at radius 1 is 1.19 bits per heavy atom. The van der Waals surface area contributed by atoms with E-state index in [0.717, 1.165) is 33.1 Å². The molecule has 0 radical (unpaired) electrons. The van der Waals surface area contributed by atoms with Gasteiger partial charge in [-0.1, -0.05) is 48.0 Å². The number of fused-ring (bicyclic) bond motifs is 3. The van der Waals surface area contributed by atoms with Crippen molar-refractivity contribution in [3.8, 4) is 0 Å². The van der Waals surface area contributed by atoms with Gasteiger partial charge in [-0.25, -0.2) is 0 Å². The van der Waals surface area contributed by atoms with Crippen LogP contribution >= 0.6 is 11.6 Å². The van der Waals surface area contributed by atoms with E-state index in [1.54, 1.807) is 0 Å². The summed E-state index contributed by atoms with van der Waals surface area (Å²) < 4.78 is 1.81. The molecule has 164 valence electrons. The lowest BCUT2D eigenvalue weighted by atomic mass is 9.83. The van der Waals surface area contributed by atoms with Crippen LogP contribution in [-0.4, -0.2) is 32.1 Å². The summed E-state index contributed by atoms with van der Waals surface area (Å²) in [5, 5.41) is 6.35. The summed E-state index contributed by atoms with van der Waals surface area (Å²) in [6.45, 7) is 4.72. The lowest BCUT2D eigenvalue weighted by Crippen LogP contribution is -2.41. The Bertz CT molecular complexity index is 1300. The number of amides is 1. The van der Waals surface area contributed by atoms with Crippen molar-refractivity contribution < 1.29 is 4.79 Å². The summed E-state index contributed by atoms with van der Waals surface area (Å²) in [6.07, 6.45) is 3.16. The number of aromatic nitrogens is 3. The molecule has 0 spiro atoms. The molecule has 5 rings (SSSR count). The minimum atomic E-state index is -0.0290. The van der Waals surface area contributed by atoms with E-state index in [1.807, 2.05) is 54.0 Å². The maximum atomic E-state index is 13.4. The molecule has 3 heterocycles. The van der Waals surface area contributed by atoms with Gasteiger partial charge < -0.3 is 9.88 Å². The number of H-pyrrole nitrogens is 1. The number of para-hydroxylation sites is 1. The molecule has 0 saturated carbocycles. The molecule has 1 aliphatic heterocycles. The molecular formula is C26H27ClN4O. The Labute approximate surface area is 193 Å². The third kappa shape index (κ3) is 3.51. The predicted octanol–water partition coefficient (Wildman–Crippen LogP) is 5.53. The fourth-order valence-corrected chi connectivity index (χ4v) is 5.37. The second-order valence-electron chi connectivity index (χ2n) is 8.71. The van der Waals surface area contributed by atoms with E-state index >= 15 is 0 Å². The molecule has 6 heteroatoms. The van der Waals surface area contributed by atoms with Crippen LogP contribution in [0.4, 0.5) is 0 Å². The molecule has 2 aromatic carbocycles. The van der Waals surface area contributed by atoms with Gasteiger partial charge in [0.2, 0.25) is 5.91 Å². The molecule has 0 aliphatic carbocycles. The quantitative estimate of drug-likeness (QED) is 0.448. The maximum Gasteiger partial charge on any atom is 0.223 e. The van der Waals surface area contributed by atoms with E-state index in [9.17, 15) is 4.79 Å². The molecule has 1 N–H and O–H groups in total. The number of carbonyl (C=O) groups excluding carboxylic acids is 1.